The topological polar surface area (TPSA) is 0 Å². The summed E-state index contributed by atoms with van der Waals surface area (Å²) in [5.41, 5.74) is 0.360. The molecule has 0 spiro atoms. The van der Waals surface area contributed by atoms with Gasteiger partial charge in [0.15, 0.2) is 0 Å². The molecule has 0 bridgehead atoms. The molecule has 0 aliphatic rings. The fourth-order valence-electron chi connectivity index (χ4n) is 1.02. The Hall–Kier alpha value is -0.900. The molecule has 1 aromatic carbocycles. The Bertz CT molecular complexity index is 367. The number of rotatable bonds is 1. The molecule has 0 saturated heterocycles. The van der Waals surface area contributed by atoms with E-state index in [9.17, 15) is 13.2 Å². The fourth-order valence-corrected chi connectivity index (χ4v) is 1.30. The second-order valence-corrected chi connectivity index (χ2v) is 3.56. The average molecular weight is 248 g/mol. The lowest BCUT2D eigenvalue weighted by Crippen LogP contribution is -2.05. The summed E-state index contributed by atoms with van der Waals surface area (Å²) in [4.78, 5) is 0.290. The van der Waals surface area contributed by atoms with E-state index in [-0.39, 0.29) is 4.90 Å². The SMILES string of the molecule is C=C(C)c1cc(S)cc(C(F)(F)F)c1.CC. The van der Waals surface area contributed by atoms with Gasteiger partial charge in [-0.1, -0.05) is 26.0 Å². The van der Waals surface area contributed by atoms with E-state index in [4.69, 9.17) is 0 Å². The van der Waals surface area contributed by atoms with Gasteiger partial charge in [-0.25, -0.2) is 0 Å². The molecular formula is C12H15F3S. The summed E-state index contributed by atoms with van der Waals surface area (Å²) in [6.07, 6.45) is -4.33. The Kier molecular flexibility index (Phi) is 5.65. The minimum Gasteiger partial charge on any atom is -0.166 e. The fraction of sp³-hybridized carbons (Fsp3) is 0.333. The molecule has 0 N–H and O–H groups in total. The molecule has 1 rings (SSSR count). The van der Waals surface area contributed by atoms with Crippen LogP contribution in [-0.2, 0) is 6.18 Å². The minimum atomic E-state index is -4.33. The molecule has 0 unspecified atom stereocenters. The van der Waals surface area contributed by atoms with Crippen molar-refractivity contribution in [3.8, 4) is 0 Å². The second-order valence-electron chi connectivity index (χ2n) is 3.05. The van der Waals surface area contributed by atoms with E-state index in [0.717, 1.165) is 12.1 Å². The third-order valence-corrected chi connectivity index (χ3v) is 2.00. The van der Waals surface area contributed by atoms with Crippen LogP contribution in [0, 0.1) is 0 Å². The number of hydrogen-bond donors (Lipinski definition) is 1. The number of halogens is 3. The van der Waals surface area contributed by atoms with Crippen LogP contribution in [0.4, 0.5) is 13.2 Å². The Morgan fingerprint density at radius 3 is 2.06 bits per heavy atom. The Morgan fingerprint density at radius 1 is 1.19 bits per heavy atom. The molecule has 0 heterocycles. The molecule has 0 aromatic heterocycles. The number of hydrogen-bond acceptors (Lipinski definition) is 1. The van der Waals surface area contributed by atoms with E-state index in [1.165, 1.54) is 0 Å². The molecule has 0 fully saturated rings. The van der Waals surface area contributed by atoms with Crippen molar-refractivity contribution >= 4 is 18.2 Å². The second kappa shape index (κ2) is 5.99. The van der Waals surface area contributed by atoms with Crippen molar-refractivity contribution in [1.29, 1.82) is 0 Å². The highest BCUT2D eigenvalue weighted by Crippen LogP contribution is 2.32. The van der Waals surface area contributed by atoms with Crippen molar-refractivity contribution in [2.24, 2.45) is 0 Å². The molecule has 0 aliphatic carbocycles. The first-order valence-corrected chi connectivity index (χ1v) is 5.32. The van der Waals surface area contributed by atoms with Crippen LogP contribution < -0.4 is 0 Å². The average Bonchev–Trinajstić information content (AvgIpc) is 2.18. The first kappa shape index (κ1) is 15.1. The summed E-state index contributed by atoms with van der Waals surface area (Å²) >= 11 is 3.91. The summed E-state index contributed by atoms with van der Waals surface area (Å²) in [5.74, 6) is 0. The van der Waals surface area contributed by atoms with Gasteiger partial charge in [0, 0.05) is 4.90 Å². The maximum atomic E-state index is 12.3. The lowest BCUT2D eigenvalue weighted by atomic mass is 10.1. The van der Waals surface area contributed by atoms with Gasteiger partial charge in [-0.2, -0.15) is 13.2 Å². The van der Waals surface area contributed by atoms with Crippen molar-refractivity contribution in [2.45, 2.75) is 31.8 Å². The maximum Gasteiger partial charge on any atom is 0.416 e. The van der Waals surface area contributed by atoms with Gasteiger partial charge in [0.05, 0.1) is 5.56 Å². The largest absolute Gasteiger partial charge is 0.416 e. The summed E-state index contributed by atoms with van der Waals surface area (Å²) < 4.78 is 37.0. The Labute approximate surface area is 99.6 Å². The summed E-state index contributed by atoms with van der Waals surface area (Å²) in [7, 11) is 0. The third-order valence-electron chi connectivity index (χ3n) is 1.74. The van der Waals surface area contributed by atoms with Crippen molar-refractivity contribution in [3.63, 3.8) is 0 Å². The zero-order chi connectivity index (χ0) is 12.9. The molecule has 0 radical (unpaired) electrons. The predicted molar refractivity (Wildman–Crippen MR) is 64.8 cm³/mol. The lowest BCUT2D eigenvalue weighted by molar-refractivity contribution is -0.137. The molecule has 16 heavy (non-hydrogen) atoms. The van der Waals surface area contributed by atoms with Gasteiger partial charge < -0.3 is 0 Å². The molecule has 0 atom stereocenters. The van der Waals surface area contributed by atoms with Crippen LogP contribution in [-0.4, -0.2) is 0 Å². The standard InChI is InChI=1S/C10H9F3S.C2H6/c1-6(2)7-3-8(10(11,12)13)5-9(14)4-7;1-2/h3-5,14H,1H2,2H3;1-2H3. The lowest BCUT2D eigenvalue weighted by Gasteiger charge is -2.09. The normalized spacial score (nSPS) is 10.4. The Morgan fingerprint density at radius 2 is 1.69 bits per heavy atom. The van der Waals surface area contributed by atoms with Crippen molar-refractivity contribution in [3.05, 3.63) is 35.9 Å². The summed E-state index contributed by atoms with van der Waals surface area (Å²) in [6.45, 7) is 9.24. The van der Waals surface area contributed by atoms with Gasteiger partial charge >= 0.3 is 6.18 Å². The number of benzene rings is 1. The smallest absolute Gasteiger partial charge is 0.166 e. The van der Waals surface area contributed by atoms with Gasteiger partial charge in [0.25, 0.3) is 0 Å². The molecule has 0 saturated carbocycles. The monoisotopic (exact) mass is 248 g/mol. The molecule has 0 aliphatic heterocycles. The highest BCUT2D eigenvalue weighted by atomic mass is 32.1. The van der Waals surface area contributed by atoms with Crippen LogP contribution in [0.15, 0.2) is 29.7 Å². The first-order chi connectivity index (χ1) is 7.30. The van der Waals surface area contributed by atoms with E-state index in [1.54, 1.807) is 13.0 Å². The quantitative estimate of drug-likeness (QED) is 0.660. The van der Waals surface area contributed by atoms with Crippen molar-refractivity contribution in [1.82, 2.24) is 0 Å². The summed E-state index contributed by atoms with van der Waals surface area (Å²) in [6, 6.07) is 3.62. The van der Waals surface area contributed by atoms with E-state index in [2.05, 4.69) is 19.2 Å². The first-order valence-electron chi connectivity index (χ1n) is 4.88. The molecule has 90 valence electrons. The van der Waals surface area contributed by atoms with Crippen LogP contribution in [0.2, 0.25) is 0 Å². The zero-order valence-corrected chi connectivity index (χ0v) is 10.4. The van der Waals surface area contributed by atoms with Crippen molar-refractivity contribution in [2.75, 3.05) is 0 Å². The van der Waals surface area contributed by atoms with Gasteiger partial charge in [0.2, 0.25) is 0 Å². The third kappa shape index (κ3) is 4.31. The molecule has 1 aromatic rings. The molecule has 0 amide bonds. The van der Waals surface area contributed by atoms with Crippen LogP contribution >= 0.6 is 12.6 Å². The number of alkyl halides is 3. The van der Waals surface area contributed by atoms with Gasteiger partial charge in [-0.15, -0.1) is 12.6 Å². The van der Waals surface area contributed by atoms with Gasteiger partial charge in [-0.05, 0) is 30.7 Å². The number of thiol groups is 1. The maximum absolute atomic E-state index is 12.3. The minimum absolute atomic E-state index is 0.290. The molecule has 4 heteroatoms. The van der Waals surface area contributed by atoms with E-state index < -0.39 is 11.7 Å². The van der Waals surface area contributed by atoms with Gasteiger partial charge in [-0.3, -0.25) is 0 Å². The summed E-state index contributed by atoms with van der Waals surface area (Å²) in [5, 5.41) is 0. The van der Waals surface area contributed by atoms with Crippen molar-refractivity contribution < 1.29 is 13.2 Å². The molecule has 0 nitrogen and oxygen atoms in total. The van der Waals surface area contributed by atoms with E-state index in [0.29, 0.717) is 11.1 Å². The van der Waals surface area contributed by atoms with E-state index in [1.807, 2.05) is 13.8 Å². The van der Waals surface area contributed by atoms with Crippen LogP contribution in [0.1, 0.15) is 31.9 Å². The van der Waals surface area contributed by atoms with Crippen LogP contribution in [0.3, 0.4) is 0 Å². The highest BCUT2D eigenvalue weighted by Gasteiger charge is 2.30. The van der Waals surface area contributed by atoms with Crippen LogP contribution in [0.25, 0.3) is 5.57 Å². The van der Waals surface area contributed by atoms with Gasteiger partial charge in [0.1, 0.15) is 0 Å². The van der Waals surface area contributed by atoms with Crippen LogP contribution in [0.5, 0.6) is 0 Å². The molecular weight excluding hydrogens is 233 g/mol. The Balaban J connectivity index is 0.00000106. The zero-order valence-electron chi connectivity index (χ0n) is 9.52. The van der Waals surface area contributed by atoms with E-state index >= 15 is 0 Å². The predicted octanol–water partition coefficient (Wildman–Crippen LogP) is 5.05. The number of allylic oxidation sites excluding steroid dienone is 1. The highest BCUT2D eigenvalue weighted by molar-refractivity contribution is 7.80.